The zero-order valence-corrected chi connectivity index (χ0v) is 16.3. The number of carbonyl (C=O) groups is 1. The Hall–Kier alpha value is -3.09. The lowest BCUT2D eigenvalue weighted by Gasteiger charge is -2.36. The minimum absolute atomic E-state index is 0.297. The van der Waals surface area contributed by atoms with E-state index < -0.39 is 0 Å². The number of esters is 1. The number of nitrogens with zero attached hydrogens (tertiary/aromatic N) is 4. The normalized spacial score (nSPS) is 16.9. The molecule has 4 rings (SSSR count). The number of para-hydroxylation sites is 1. The third-order valence-corrected chi connectivity index (χ3v) is 5.11. The van der Waals surface area contributed by atoms with Crippen LogP contribution in [0.25, 0.3) is 11.0 Å². The molecule has 0 aliphatic carbocycles. The van der Waals surface area contributed by atoms with Gasteiger partial charge in [-0.1, -0.05) is 18.2 Å². The summed E-state index contributed by atoms with van der Waals surface area (Å²) in [6, 6.07) is 10.5. The zero-order valence-electron chi connectivity index (χ0n) is 16.3. The molecule has 0 saturated carbocycles. The Bertz CT molecular complexity index is 970. The van der Waals surface area contributed by atoms with Crippen LogP contribution in [0.4, 0.5) is 11.4 Å². The topological polar surface area (TPSA) is 72.3 Å². The Morgan fingerprint density at radius 1 is 1.29 bits per heavy atom. The van der Waals surface area contributed by atoms with E-state index >= 15 is 0 Å². The summed E-state index contributed by atoms with van der Waals surface area (Å²) in [4.78, 5) is 19.3. The lowest BCUT2D eigenvalue weighted by atomic mass is 10.0. The molecule has 0 unspecified atom stereocenters. The lowest BCUT2D eigenvalue weighted by Crippen LogP contribution is -2.43. The number of hydrogen-bond donors (Lipinski definition) is 1. The van der Waals surface area contributed by atoms with Gasteiger partial charge in [0.15, 0.2) is 5.65 Å². The maximum absolute atomic E-state index is 12.6. The second-order valence-electron chi connectivity index (χ2n) is 7.04. The van der Waals surface area contributed by atoms with Gasteiger partial charge in [-0.2, -0.15) is 5.10 Å². The Morgan fingerprint density at radius 2 is 2.11 bits per heavy atom. The van der Waals surface area contributed by atoms with Crippen LogP contribution in [0.5, 0.6) is 0 Å². The average molecular weight is 379 g/mol. The van der Waals surface area contributed by atoms with Gasteiger partial charge < -0.3 is 15.0 Å². The highest BCUT2D eigenvalue weighted by molar-refractivity contribution is 6.04. The molecular formula is C21H25N5O2. The van der Waals surface area contributed by atoms with E-state index in [9.17, 15) is 4.79 Å². The standard InChI is InChI=1S/C21H25N5O2/c1-3-28-21(27)18-12-22-20-17(13-23-25(20)2)19(18)26-11-7-10-16(14-26)24-15-8-5-4-6-9-15/h4-6,8-9,12-13,16,24H,3,7,10-11,14H2,1-2H3/t16-/m1/s1. The van der Waals surface area contributed by atoms with Crippen LogP contribution >= 0.6 is 0 Å². The SMILES string of the molecule is CCOC(=O)c1cnc2c(cnn2C)c1N1CCC[C@@H](Nc2ccccc2)C1. The van der Waals surface area contributed by atoms with Gasteiger partial charge in [0.05, 0.1) is 23.9 Å². The fourth-order valence-corrected chi connectivity index (χ4v) is 3.85. The summed E-state index contributed by atoms with van der Waals surface area (Å²) >= 11 is 0. The summed E-state index contributed by atoms with van der Waals surface area (Å²) in [6.45, 7) is 3.83. The molecule has 0 spiro atoms. The van der Waals surface area contributed by atoms with E-state index in [1.165, 1.54) is 0 Å². The Morgan fingerprint density at radius 3 is 2.89 bits per heavy atom. The van der Waals surface area contributed by atoms with Gasteiger partial charge in [-0.25, -0.2) is 9.78 Å². The van der Waals surface area contributed by atoms with Crippen molar-refractivity contribution in [1.29, 1.82) is 0 Å². The molecule has 2 aromatic heterocycles. The van der Waals surface area contributed by atoms with Crippen LogP contribution in [-0.4, -0.2) is 46.5 Å². The van der Waals surface area contributed by atoms with Crippen molar-refractivity contribution in [3.63, 3.8) is 0 Å². The molecule has 0 radical (unpaired) electrons. The van der Waals surface area contributed by atoms with E-state index in [2.05, 4.69) is 32.4 Å². The van der Waals surface area contributed by atoms with Crippen molar-refractivity contribution in [2.24, 2.45) is 7.05 Å². The molecule has 1 aromatic carbocycles. The lowest BCUT2D eigenvalue weighted by molar-refractivity contribution is 0.0526. The molecule has 1 aliphatic rings. The molecule has 7 heteroatoms. The first kappa shape index (κ1) is 18.3. The second kappa shape index (κ2) is 7.88. The smallest absolute Gasteiger partial charge is 0.341 e. The van der Waals surface area contributed by atoms with Gasteiger partial charge in [-0.05, 0) is 31.9 Å². The van der Waals surface area contributed by atoms with Crippen LogP contribution < -0.4 is 10.2 Å². The molecule has 146 valence electrons. The zero-order chi connectivity index (χ0) is 19.5. The maximum Gasteiger partial charge on any atom is 0.341 e. The van der Waals surface area contributed by atoms with Gasteiger partial charge in [0.1, 0.15) is 5.56 Å². The van der Waals surface area contributed by atoms with Gasteiger partial charge in [0.25, 0.3) is 0 Å². The van der Waals surface area contributed by atoms with Crippen molar-refractivity contribution in [3.05, 3.63) is 48.3 Å². The van der Waals surface area contributed by atoms with Crippen molar-refractivity contribution in [3.8, 4) is 0 Å². The fraction of sp³-hybridized carbons (Fsp3) is 0.381. The van der Waals surface area contributed by atoms with Gasteiger partial charge in [-0.15, -0.1) is 0 Å². The number of ether oxygens (including phenoxy) is 1. The molecule has 1 aliphatic heterocycles. The Labute approximate surface area is 164 Å². The van der Waals surface area contributed by atoms with Crippen LogP contribution in [-0.2, 0) is 11.8 Å². The summed E-state index contributed by atoms with van der Waals surface area (Å²) in [5.41, 5.74) is 3.25. The number of rotatable bonds is 5. The molecule has 3 heterocycles. The van der Waals surface area contributed by atoms with Crippen LogP contribution in [0.3, 0.4) is 0 Å². The number of aryl methyl sites for hydroxylation is 1. The predicted molar refractivity (Wildman–Crippen MR) is 110 cm³/mol. The highest BCUT2D eigenvalue weighted by Crippen LogP contribution is 2.32. The fourth-order valence-electron chi connectivity index (χ4n) is 3.85. The van der Waals surface area contributed by atoms with Gasteiger partial charge in [-0.3, -0.25) is 4.68 Å². The van der Waals surface area contributed by atoms with E-state index in [4.69, 9.17) is 4.74 Å². The Balaban J connectivity index is 1.68. The number of pyridine rings is 1. The first-order valence-corrected chi connectivity index (χ1v) is 9.71. The summed E-state index contributed by atoms with van der Waals surface area (Å²) < 4.78 is 7.02. The minimum atomic E-state index is -0.339. The summed E-state index contributed by atoms with van der Waals surface area (Å²) in [7, 11) is 1.86. The molecule has 0 amide bonds. The average Bonchev–Trinajstić information content (AvgIpc) is 3.09. The van der Waals surface area contributed by atoms with Crippen molar-refractivity contribution in [2.45, 2.75) is 25.8 Å². The molecule has 0 bridgehead atoms. The third-order valence-electron chi connectivity index (χ3n) is 5.11. The number of benzene rings is 1. The van der Waals surface area contributed by atoms with Crippen molar-refractivity contribution < 1.29 is 9.53 Å². The molecule has 3 aromatic rings. The van der Waals surface area contributed by atoms with Crippen molar-refractivity contribution in [1.82, 2.24) is 14.8 Å². The van der Waals surface area contributed by atoms with Crippen LogP contribution in [0.2, 0.25) is 0 Å². The molecular weight excluding hydrogens is 354 g/mol. The largest absolute Gasteiger partial charge is 0.462 e. The molecule has 28 heavy (non-hydrogen) atoms. The third kappa shape index (κ3) is 3.52. The predicted octanol–water partition coefficient (Wildman–Crippen LogP) is 3.23. The van der Waals surface area contributed by atoms with Crippen LogP contribution in [0.15, 0.2) is 42.7 Å². The summed E-state index contributed by atoms with van der Waals surface area (Å²) in [5.74, 6) is -0.339. The first-order chi connectivity index (χ1) is 13.7. The number of piperidine rings is 1. The van der Waals surface area contributed by atoms with E-state index in [0.717, 1.165) is 48.3 Å². The van der Waals surface area contributed by atoms with Crippen molar-refractivity contribution >= 4 is 28.4 Å². The monoisotopic (exact) mass is 379 g/mol. The molecule has 1 N–H and O–H groups in total. The van der Waals surface area contributed by atoms with E-state index in [0.29, 0.717) is 18.2 Å². The number of anilines is 2. The quantitative estimate of drug-likeness (QED) is 0.686. The summed E-state index contributed by atoms with van der Waals surface area (Å²) in [5, 5.41) is 8.84. The van der Waals surface area contributed by atoms with Gasteiger partial charge in [0, 0.05) is 38.1 Å². The first-order valence-electron chi connectivity index (χ1n) is 9.71. The highest BCUT2D eigenvalue weighted by Gasteiger charge is 2.27. The number of nitrogens with one attached hydrogen (secondary N) is 1. The maximum atomic E-state index is 12.6. The van der Waals surface area contributed by atoms with Gasteiger partial charge in [0.2, 0.25) is 0 Å². The Kier molecular flexibility index (Phi) is 5.14. The van der Waals surface area contributed by atoms with Crippen LogP contribution in [0.1, 0.15) is 30.1 Å². The van der Waals surface area contributed by atoms with Crippen molar-refractivity contribution in [2.75, 3.05) is 29.9 Å². The minimum Gasteiger partial charge on any atom is -0.462 e. The molecule has 1 saturated heterocycles. The molecule has 1 fully saturated rings. The van der Waals surface area contributed by atoms with E-state index in [1.54, 1.807) is 17.1 Å². The number of aromatic nitrogens is 3. The summed E-state index contributed by atoms with van der Waals surface area (Å²) in [6.07, 6.45) is 5.53. The van der Waals surface area contributed by atoms with Gasteiger partial charge >= 0.3 is 5.97 Å². The second-order valence-corrected chi connectivity index (χ2v) is 7.04. The number of carbonyl (C=O) groups excluding carboxylic acids is 1. The molecule has 7 nitrogen and oxygen atoms in total. The van der Waals surface area contributed by atoms with Crippen LogP contribution in [0, 0.1) is 0 Å². The molecule has 1 atom stereocenters. The van der Waals surface area contributed by atoms with E-state index in [1.807, 2.05) is 32.2 Å². The number of hydrogen-bond acceptors (Lipinski definition) is 6. The number of fused-ring (bicyclic) bond motifs is 1. The van der Waals surface area contributed by atoms with E-state index in [-0.39, 0.29) is 5.97 Å². The highest BCUT2D eigenvalue weighted by atomic mass is 16.5.